The molecule has 7 rings (SSSR count). The van der Waals surface area contributed by atoms with Crippen LogP contribution in [0.25, 0.3) is 0 Å². The van der Waals surface area contributed by atoms with E-state index in [1.54, 1.807) is 0 Å². The predicted octanol–water partition coefficient (Wildman–Crippen LogP) is 7.68. The largest absolute Gasteiger partial charge is 0.456 e. The Balaban J connectivity index is 1.38. The van der Waals surface area contributed by atoms with Gasteiger partial charge in [-0.2, -0.15) is 0 Å². The van der Waals surface area contributed by atoms with Crippen LogP contribution in [-0.4, -0.2) is 24.7 Å². The van der Waals surface area contributed by atoms with Crippen LogP contribution in [0.1, 0.15) is 58.8 Å². The van der Waals surface area contributed by atoms with Gasteiger partial charge >= 0.3 is 5.97 Å². The van der Waals surface area contributed by atoms with E-state index in [9.17, 15) is 4.79 Å². The first-order valence-corrected chi connectivity index (χ1v) is 14.0. The first kappa shape index (κ1) is 24.7. The van der Waals surface area contributed by atoms with Gasteiger partial charge in [0.15, 0.2) is 5.60 Å². The molecule has 2 atom stereocenters. The Kier molecular flexibility index (Phi) is 5.82. The molecule has 3 aliphatic heterocycles. The van der Waals surface area contributed by atoms with Crippen molar-refractivity contribution >= 4 is 23.0 Å². The number of carbonyl (C=O) groups is 1. The number of anilines is 3. The number of hydrogen-bond donors (Lipinski definition) is 2. The van der Waals surface area contributed by atoms with Crippen LogP contribution in [0.5, 0.6) is 11.5 Å². The number of nitrogens with one attached hydrogen (secondary N) is 2. The van der Waals surface area contributed by atoms with Crippen molar-refractivity contribution in [2.75, 3.05) is 23.8 Å². The number of carbonyl (C=O) groups excluding carboxylic acids is 1. The van der Waals surface area contributed by atoms with Gasteiger partial charge in [-0.25, -0.2) is 4.79 Å². The lowest BCUT2D eigenvalue weighted by Crippen LogP contribution is -2.36. The molecule has 6 heteroatoms. The third-order valence-electron chi connectivity index (χ3n) is 8.62. The molecule has 1 fully saturated rings. The summed E-state index contributed by atoms with van der Waals surface area (Å²) >= 11 is 0. The number of fused-ring (bicyclic) bond motifs is 6. The molecule has 3 heterocycles. The van der Waals surface area contributed by atoms with Crippen LogP contribution in [0.3, 0.4) is 0 Å². The molecule has 4 aromatic carbocycles. The second-order valence-electron chi connectivity index (χ2n) is 10.9. The Labute approximate surface area is 234 Å². The zero-order chi connectivity index (χ0) is 27.3. The molecule has 2 N–H and O–H groups in total. The summed E-state index contributed by atoms with van der Waals surface area (Å²) in [7, 11) is 0. The second kappa shape index (κ2) is 9.42. The summed E-state index contributed by atoms with van der Waals surface area (Å²) in [4.78, 5) is 13.4. The van der Waals surface area contributed by atoms with E-state index in [0.717, 1.165) is 71.7 Å². The zero-order valence-corrected chi connectivity index (χ0v) is 22.8. The van der Waals surface area contributed by atoms with Crippen molar-refractivity contribution in [3.8, 4) is 11.5 Å². The van der Waals surface area contributed by atoms with Crippen molar-refractivity contribution in [2.24, 2.45) is 0 Å². The van der Waals surface area contributed by atoms with Crippen LogP contribution < -0.4 is 15.4 Å². The summed E-state index contributed by atoms with van der Waals surface area (Å²) in [6.45, 7) is 5.78. The topological polar surface area (TPSA) is 68.8 Å². The van der Waals surface area contributed by atoms with Gasteiger partial charge in [0, 0.05) is 41.3 Å². The second-order valence-corrected chi connectivity index (χ2v) is 10.9. The number of ether oxygens (including phenoxy) is 3. The highest BCUT2D eigenvalue weighted by Gasteiger charge is 2.54. The van der Waals surface area contributed by atoms with Crippen molar-refractivity contribution < 1.29 is 19.0 Å². The van der Waals surface area contributed by atoms with Gasteiger partial charge in [0.25, 0.3) is 0 Å². The molecule has 1 saturated heterocycles. The highest BCUT2D eigenvalue weighted by atomic mass is 16.6. The van der Waals surface area contributed by atoms with Crippen LogP contribution in [0.2, 0.25) is 0 Å². The highest BCUT2D eigenvalue weighted by molar-refractivity contribution is 5.97. The summed E-state index contributed by atoms with van der Waals surface area (Å²) in [6.07, 6.45) is 3.08. The molecule has 0 bridgehead atoms. The van der Waals surface area contributed by atoms with E-state index >= 15 is 0 Å². The van der Waals surface area contributed by atoms with Gasteiger partial charge in [-0.1, -0.05) is 43.3 Å². The Morgan fingerprint density at radius 2 is 1.68 bits per heavy atom. The quantitative estimate of drug-likeness (QED) is 0.248. The van der Waals surface area contributed by atoms with E-state index in [-0.39, 0.29) is 11.6 Å². The monoisotopic (exact) mass is 532 g/mol. The summed E-state index contributed by atoms with van der Waals surface area (Å²) in [5.74, 6) is 1.02. The molecule has 6 nitrogen and oxygen atoms in total. The van der Waals surface area contributed by atoms with Crippen LogP contribution in [-0.2, 0) is 15.1 Å². The van der Waals surface area contributed by atoms with Gasteiger partial charge in [0.05, 0.1) is 16.7 Å². The average molecular weight is 533 g/mol. The number of esters is 1. The van der Waals surface area contributed by atoms with Gasteiger partial charge in [0.1, 0.15) is 11.5 Å². The van der Waals surface area contributed by atoms with Gasteiger partial charge in [0.2, 0.25) is 0 Å². The average Bonchev–Trinajstić information content (AvgIpc) is 3.57. The fraction of sp³-hybridized carbons (Fsp3) is 0.265. The number of hydrogen-bond acceptors (Lipinski definition) is 6. The minimum atomic E-state index is -1.14. The molecule has 2 unspecified atom stereocenters. The maximum absolute atomic E-state index is 13.4. The molecule has 0 radical (unpaired) electrons. The molecule has 4 aromatic rings. The molecule has 0 aliphatic carbocycles. The SMILES string of the molecule is CCC1(CNc2ccc3c(c2C)C2(OC(=O)c4ccccc42)c2cc(Nc4ccccc4)ccc2O3)CCCO1. The molecule has 1 spiro atoms. The van der Waals surface area contributed by atoms with Crippen molar-refractivity contribution in [1.82, 2.24) is 0 Å². The Morgan fingerprint density at radius 1 is 0.875 bits per heavy atom. The van der Waals surface area contributed by atoms with E-state index in [1.807, 2.05) is 78.9 Å². The Morgan fingerprint density at radius 3 is 2.48 bits per heavy atom. The lowest BCUT2D eigenvalue weighted by atomic mass is 9.75. The van der Waals surface area contributed by atoms with Crippen LogP contribution in [0.4, 0.5) is 17.1 Å². The molecular formula is C34H32N2O4. The summed E-state index contributed by atoms with van der Waals surface area (Å²) in [5.41, 5.74) is 5.56. The van der Waals surface area contributed by atoms with Gasteiger partial charge in [-0.3, -0.25) is 0 Å². The highest BCUT2D eigenvalue weighted by Crippen LogP contribution is 2.58. The zero-order valence-electron chi connectivity index (χ0n) is 22.8. The summed E-state index contributed by atoms with van der Waals surface area (Å²) in [6, 6.07) is 27.7. The fourth-order valence-corrected chi connectivity index (χ4v) is 6.47. The summed E-state index contributed by atoms with van der Waals surface area (Å²) in [5, 5.41) is 7.16. The van der Waals surface area contributed by atoms with Crippen molar-refractivity contribution in [3.05, 3.63) is 113 Å². The van der Waals surface area contributed by atoms with E-state index in [2.05, 4.69) is 30.5 Å². The van der Waals surface area contributed by atoms with Crippen molar-refractivity contribution in [1.29, 1.82) is 0 Å². The van der Waals surface area contributed by atoms with Crippen molar-refractivity contribution in [3.63, 3.8) is 0 Å². The number of rotatable bonds is 6. The fourth-order valence-electron chi connectivity index (χ4n) is 6.47. The predicted molar refractivity (Wildman–Crippen MR) is 156 cm³/mol. The van der Waals surface area contributed by atoms with Gasteiger partial charge in [-0.15, -0.1) is 0 Å². The minimum absolute atomic E-state index is 0.159. The minimum Gasteiger partial charge on any atom is -0.456 e. The molecule has 3 aliphatic rings. The van der Waals surface area contributed by atoms with Crippen LogP contribution >= 0.6 is 0 Å². The maximum atomic E-state index is 13.4. The third kappa shape index (κ3) is 3.78. The smallest absolute Gasteiger partial charge is 0.340 e. The third-order valence-corrected chi connectivity index (χ3v) is 8.62. The van der Waals surface area contributed by atoms with E-state index < -0.39 is 5.60 Å². The van der Waals surface area contributed by atoms with Gasteiger partial charge in [-0.05, 0) is 80.3 Å². The molecular weight excluding hydrogens is 500 g/mol. The normalized spacial score (nSPS) is 22.2. The number of para-hydroxylation sites is 1. The first-order chi connectivity index (χ1) is 19.5. The molecule has 0 saturated carbocycles. The first-order valence-electron chi connectivity index (χ1n) is 14.0. The Bertz CT molecular complexity index is 1610. The van der Waals surface area contributed by atoms with E-state index in [1.165, 1.54) is 0 Å². The van der Waals surface area contributed by atoms with Gasteiger partial charge < -0.3 is 24.8 Å². The standard InChI is InChI=1S/C34H32N2O4/c1-3-33(18-9-19-38-33)21-35-28-15-17-30-31(22(28)2)34(26-13-8-7-12-25(26)32(37)40-34)27-20-24(14-16-29(27)39-30)36-23-10-5-4-6-11-23/h4-8,10-17,20,35-36H,3,9,18-19,21H2,1-2H3. The molecule has 202 valence electrons. The lowest BCUT2D eigenvalue weighted by Gasteiger charge is -2.38. The van der Waals surface area contributed by atoms with Crippen molar-refractivity contribution in [2.45, 2.75) is 44.3 Å². The Hall–Kier alpha value is -4.29. The molecule has 0 aromatic heterocycles. The van der Waals surface area contributed by atoms with E-state index in [0.29, 0.717) is 17.1 Å². The molecule has 0 amide bonds. The van der Waals surface area contributed by atoms with Crippen LogP contribution in [0, 0.1) is 6.92 Å². The lowest BCUT2D eigenvalue weighted by molar-refractivity contribution is 0.0123. The van der Waals surface area contributed by atoms with E-state index in [4.69, 9.17) is 14.2 Å². The number of benzene rings is 4. The molecule has 40 heavy (non-hydrogen) atoms. The van der Waals surface area contributed by atoms with Crippen LogP contribution in [0.15, 0.2) is 84.9 Å². The maximum Gasteiger partial charge on any atom is 0.340 e. The summed E-state index contributed by atoms with van der Waals surface area (Å²) < 4.78 is 19.1.